The van der Waals surface area contributed by atoms with E-state index in [-0.39, 0.29) is 146 Å². The third-order valence-electron chi connectivity index (χ3n) is 4.55. The fourth-order valence-corrected chi connectivity index (χ4v) is 3.86. The van der Waals surface area contributed by atoms with E-state index in [1.54, 1.807) is 6.07 Å². The van der Waals surface area contributed by atoms with Gasteiger partial charge in [-0.3, -0.25) is 4.79 Å². The van der Waals surface area contributed by atoms with Crippen LogP contribution in [-0.4, -0.2) is 23.6 Å². The standard InChI is InChI=1S/C18H14FN.C6H7BO2.C6H4Br2FN.CH2O3.CH4.2K.H/c19-17-12-15(13-7-3-1-4-8-13)11-16(18(17)20)14-9-5-2-6-10-14;8-7(9)6-4-2-1-3-5-6;7-3-1-4(8)6(10)5(9)2-3;2-1-4-3;;;;/h1-12H,20H2;1-5,8-9H;1-2H,10H2;1,3H;1H4;;;/q;;;;;2*+1;-1/p-1/i1D,2D,3D,4D,5D,6D,7D,8D,9D,10D;1D,2D,3D,4D,5D;;;;;;. The van der Waals surface area contributed by atoms with Gasteiger partial charge in [-0.2, -0.15) is 0 Å². The van der Waals surface area contributed by atoms with Crippen molar-refractivity contribution in [1.29, 1.82) is 0 Å². The third kappa shape index (κ3) is 16.5. The molecule has 232 valence electrons. The predicted molar refractivity (Wildman–Crippen MR) is 179 cm³/mol. The zero-order valence-electron chi connectivity index (χ0n) is 39.2. The van der Waals surface area contributed by atoms with Gasteiger partial charge in [-0.15, -0.1) is 0 Å². The fourth-order valence-electron chi connectivity index (χ4n) is 2.69. The molecule has 0 atom stereocenters. The quantitative estimate of drug-likeness (QED) is 0.0670. The maximum atomic E-state index is 14.7. The van der Waals surface area contributed by atoms with E-state index in [1.165, 1.54) is 6.07 Å². The molecule has 5 aromatic rings. The van der Waals surface area contributed by atoms with Gasteiger partial charge in [0.1, 0.15) is 11.6 Å². The van der Waals surface area contributed by atoms with Crippen molar-refractivity contribution in [3.63, 3.8) is 0 Å². The first-order valence-corrected chi connectivity index (χ1v) is 12.7. The maximum Gasteiger partial charge on any atom is 1.00 e. The summed E-state index contributed by atoms with van der Waals surface area (Å²) in [6.45, 7) is -0.181. The van der Waals surface area contributed by atoms with Crippen LogP contribution in [0.15, 0.2) is 124 Å². The smallest absolute Gasteiger partial charge is 1.00 e. The fraction of sp³-hybridized carbons (Fsp3) is 0.0312. The zero-order chi connectivity index (χ0) is 44.8. The molecular weight excluding hydrogens is 779 g/mol. The number of hydrogen-bond donors (Lipinski definition) is 4. The molecule has 46 heavy (non-hydrogen) atoms. The summed E-state index contributed by atoms with van der Waals surface area (Å²) in [6, 6.07) is -3.96. The van der Waals surface area contributed by atoms with E-state index in [1.807, 2.05) is 0 Å². The van der Waals surface area contributed by atoms with Gasteiger partial charge in [0.25, 0.3) is 6.47 Å². The van der Waals surface area contributed by atoms with Gasteiger partial charge in [-0.05, 0) is 62.3 Å². The van der Waals surface area contributed by atoms with Crippen molar-refractivity contribution in [3.05, 3.63) is 135 Å². The van der Waals surface area contributed by atoms with E-state index in [9.17, 15) is 8.78 Å². The monoisotopic (exact) mass is 823 g/mol. The topological polar surface area (TPSA) is 142 Å². The molecule has 0 aliphatic heterocycles. The summed E-state index contributed by atoms with van der Waals surface area (Å²) >= 11 is 6.22. The SMILES string of the molecule is C.Nc1c(F)cc(Br)cc1Br.O=CO[O-].[2H]c1c([2H])c([2H])c(-c2cc(F)c(N)c(-c3c([2H])c([2H])c([2H])c([2H])c3[2H])c2)c([2H])c1[2H].[2H]c1c([2H])c([2H])c(B(O)O)c([2H])c1[2H].[H-].[K+].[K+]. The number of rotatable bonds is 4. The minimum atomic E-state index is -2.07. The Morgan fingerprint density at radius 2 is 1.20 bits per heavy atom. The average molecular weight is 826 g/mol. The van der Waals surface area contributed by atoms with Crippen molar-refractivity contribution in [1.82, 2.24) is 0 Å². The van der Waals surface area contributed by atoms with E-state index >= 15 is 0 Å². The number of carbonyl (C=O) groups excluding carboxylic acids is 1. The van der Waals surface area contributed by atoms with Crippen LogP contribution >= 0.6 is 31.9 Å². The summed E-state index contributed by atoms with van der Waals surface area (Å²) in [5.74, 6) is -1.44. The largest absolute Gasteiger partial charge is 1.00 e. The molecule has 6 N–H and O–H groups in total. The molecule has 0 amide bonds. The van der Waals surface area contributed by atoms with Crippen LogP contribution in [0.3, 0.4) is 0 Å². The summed E-state index contributed by atoms with van der Waals surface area (Å²) < 4.78 is 144. The molecule has 7 nitrogen and oxygen atoms in total. The molecule has 0 aliphatic carbocycles. The van der Waals surface area contributed by atoms with Crippen molar-refractivity contribution in [2.75, 3.05) is 11.5 Å². The molecule has 0 fully saturated rings. The van der Waals surface area contributed by atoms with Crippen molar-refractivity contribution in [3.8, 4) is 22.3 Å². The summed E-state index contributed by atoms with van der Waals surface area (Å²) in [6.07, 6.45) is 0. The number of hydrogen-bond acceptors (Lipinski definition) is 7. The molecule has 14 heteroatoms. The van der Waals surface area contributed by atoms with Crippen LogP contribution in [0.1, 0.15) is 29.4 Å². The van der Waals surface area contributed by atoms with Gasteiger partial charge in [-0.1, -0.05) is 114 Å². The summed E-state index contributed by atoms with van der Waals surface area (Å²) in [5, 5.41) is 26.1. The molecule has 0 heterocycles. The van der Waals surface area contributed by atoms with Crippen LogP contribution in [0, 0.1) is 11.6 Å². The normalized spacial score (nSPS) is 13.5. The zero-order valence-corrected chi connectivity index (χ0v) is 32.7. The molecule has 0 bridgehead atoms. The van der Waals surface area contributed by atoms with Crippen LogP contribution in [0.4, 0.5) is 20.2 Å². The Bertz CT molecular complexity index is 2310. The minimum absolute atomic E-state index is 0. The van der Waals surface area contributed by atoms with E-state index in [4.69, 9.17) is 52.1 Å². The first-order valence-electron chi connectivity index (χ1n) is 18.6. The number of benzene rings is 5. The molecule has 0 radical (unpaired) electrons. The Hall–Kier alpha value is -0.792. The predicted octanol–water partition coefficient (Wildman–Crippen LogP) is 0.233. The number of anilines is 2. The summed E-state index contributed by atoms with van der Waals surface area (Å²) in [7, 11) is -2.07. The van der Waals surface area contributed by atoms with Crippen LogP contribution < -0.4 is 125 Å². The Labute approximate surface area is 392 Å². The molecule has 0 aromatic heterocycles. The maximum absolute atomic E-state index is 14.7. The third-order valence-corrected chi connectivity index (χ3v) is 5.66. The second kappa shape index (κ2) is 26.1. The second-order valence-electron chi connectivity index (χ2n) is 7.31. The van der Waals surface area contributed by atoms with Crippen LogP contribution in [0.25, 0.3) is 22.3 Å². The van der Waals surface area contributed by atoms with Gasteiger partial charge in [0.05, 0.1) is 31.9 Å². The number of halogens is 4. The van der Waals surface area contributed by atoms with Gasteiger partial charge in [-0.25, -0.2) is 8.78 Å². The molecule has 0 saturated carbocycles. The van der Waals surface area contributed by atoms with Crippen LogP contribution in [-0.2, 0) is 9.68 Å². The van der Waals surface area contributed by atoms with Crippen molar-refractivity contribution >= 4 is 62.3 Å². The molecule has 5 aromatic carbocycles. The van der Waals surface area contributed by atoms with Gasteiger partial charge in [0.2, 0.25) is 0 Å². The van der Waals surface area contributed by atoms with Crippen molar-refractivity contribution < 1.29 is 159 Å². The Morgan fingerprint density at radius 1 is 0.761 bits per heavy atom. The minimum Gasteiger partial charge on any atom is -1.00 e. The van der Waals surface area contributed by atoms with E-state index in [0.29, 0.717) is 8.95 Å². The average Bonchev–Trinajstić information content (AvgIpc) is 3.17. The van der Waals surface area contributed by atoms with Gasteiger partial charge in [0, 0.05) is 14.5 Å². The van der Waals surface area contributed by atoms with Gasteiger partial charge < -0.3 is 33.1 Å². The molecule has 0 unspecified atom stereocenters. The first-order chi connectivity index (χ1) is 26.8. The van der Waals surface area contributed by atoms with Crippen LogP contribution in [0.5, 0.6) is 0 Å². The summed E-state index contributed by atoms with van der Waals surface area (Å²) in [5.41, 5.74) is 9.21. The number of nitrogen functional groups attached to an aromatic ring is 2. The molecule has 5 rings (SSSR count). The van der Waals surface area contributed by atoms with Gasteiger partial charge in [0.15, 0.2) is 0 Å². The van der Waals surface area contributed by atoms with E-state index in [0.717, 1.165) is 12.1 Å². The van der Waals surface area contributed by atoms with Gasteiger partial charge >= 0.3 is 110 Å². The molecule has 0 saturated heterocycles. The van der Waals surface area contributed by atoms with Crippen molar-refractivity contribution in [2.45, 2.75) is 7.43 Å². The van der Waals surface area contributed by atoms with E-state index < -0.39 is 121 Å². The number of carbonyl (C=O) groups is 1. The Morgan fingerprint density at radius 3 is 1.63 bits per heavy atom. The van der Waals surface area contributed by atoms with E-state index in [2.05, 4.69) is 36.7 Å². The molecular formula is C32H31BBr2F2K2N2O5. The summed E-state index contributed by atoms with van der Waals surface area (Å²) in [4.78, 5) is 11.2. The Kier molecular flexibility index (Phi) is 14.8. The second-order valence-corrected chi connectivity index (χ2v) is 9.08. The molecule has 0 aliphatic rings. The van der Waals surface area contributed by atoms with Crippen molar-refractivity contribution in [2.24, 2.45) is 0 Å². The number of nitrogens with two attached hydrogens (primary N) is 2. The molecule has 0 spiro atoms. The first kappa shape index (κ1) is 26.1. The Balaban J connectivity index is -0.000000906. The van der Waals surface area contributed by atoms with Crippen LogP contribution in [0.2, 0.25) is 0 Å².